The molecular formula is C12H18ClN3. The van der Waals surface area contributed by atoms with Crippen LogP contribution in [-0.2, 0) is 0 Å². The molecule has 16 heavy (non-hydrogen) atoms. The molecule has 1 aliphatic carbocycles. The van der Waals surface area contributed by atoms with Crippen molar-refractivity contribution in [3.05, 3.63) is 18.1 Å². The van der Waals surface area contributed by atoms with E-state index in [0.29, 0.717) is 11.8 Å². The first-order chi connectivity index (χ1) is 7.79. The Balaban J connectivity index is 1.87. The fourth-order valence-corrected chi connectivity index (χ4v) is 2.78. The van der Waals surface area contributed by atoms with Gasteiger partial charge in [-0.2, -0.15) is 0 Å². The van der Waals surface area contributed by atoms with Gasteiger partial charge in [0.1, 0.15) is 12.1 Å². The topological polar surface area (TPSA) is 37.8 Å². The normalized spacial score (nSPS) is 24.6. The molecule has 1 aliphatic rings. The van der Waals surface area contributed by atoms with E-state index in [9.17, 15) is 0 Å². The molecule has 88 valence electrons. The van der Waals surface area contributed by atoms with Crippen LogP contribution in [0.4, 0.5) is 5.82 Å². The maximum absolute atomic E-state index is 5.96. The Hall–Kier alpha value is -0.830. The van der Waals surface area contributed by atoms with Gasteiger partial charge in [0.25, 0.3) is 0 Å². The number of halogens is 1. The minimum atomic E-state index is 0.678. The molecule has 0 spiro atoms. The molecule has 0 aromatic carbocycles. The van der Waals surface area contributed by atoms with Gasteiger partial charge in [-0.05, 0) is 31.6 Å². The van der Waals surface area contributed by atoms with Gasteiger partial charge < -0.3 is 5.32 Å². The van der Waals surface area contributed by atoms with Crippen LogP contribution < -0.4 is 5.32 Å². The van der Waals surface area contributed by atoms with Crippen LogP contribution >= 0.6 is 11.6 Å². The predicted molar refractivity (Wildman–Crippen MR) is 66.8 cm³/mol. The third kappa shape index (κ3) is 2.85. The molecule has 1 aromatic rings. The lowest BCUT2D eigenvalue weighted by molar-refractivity contribution is 0.444. The number of aryl methyl sites for hydroxylation is 1. The standard InChI is InChI=1S/C12H18ClN3/c1-9-5-12(16-8-15-9)14-7-11-4-2-3-10(11)6-13/h5,8,10-11H,2-4,6-7H2,1H3,(H,14,15,16). The molecule has 1 heterocycles. The van der Waals surface area contributed by atoms with Gasteiger partial charge in [-0.15, -0.1) is 11.6 Å². The highest BCUT2D eigenvalue weighted by Gasteiger charge is 2.26. The van der Waals surface area contributed by atoms with Crippen LogP contribution in [0.5, 0.6) is 0 Å². The molecule has 2 atom stereocenters. The fraction of sp³-hybridized carbons (Fsp3) is 0.667. The Bertz CT molecular complexity index is 343. The molecule has 2 unspecified atom stereocenters. The number of hydrogen-bond donors (Lipinski definition) is 1. The van der Waals surface area contributed by atoms with Crippen LogP contribution in [0.1, 0.15) is 25.0 Å². The monoisotopic (exact) mass is 239 g/mol. The van der Waals surface area contributed by atoms with Crippen molar-refractivity contribution < 1.29 is 0 Å². The largest absolute Gasteiger partial charge is 0.370 e. The number of hydrogen-bond acceptors (Lipinski definition) is 3. The summed E-state index contributed by atoms with van der Waals surface area (Å²) in [6, 6.07) is 1.98. The van der Waals surface area contributed by atoms with Gasteiger partial charge in [0.15, 0.2) is 0 Å². The summed E-state index contributed by atoms with van der Waals surface area (Å²) in [5.74, 6) is 3.09. The van der Waals surface area contributed by atoms with Crippen molar-refractivity contribution in [3.8, 4) is 0 Å². The second-order valence-electron chi connectivity index (χ2n) is 4.53. The average molecular weight is 240 g/mol. The van der Waals surface area contributed by atoms with E-state index in [4.69, 9.17) is 11.6 Å². The van der Waals surface area contributed by atoms with E-state index >= 15 is 0 Å². The van der Waals surface area contributed by atoms with E-state index in [0.717, 1.165) is 23.9 Å². The minimum absolute atomic E-state index is 0.678. The van der Waals surface area contributed by atoms with Crippen molar-refractivity contribution in [2.75, 3.05) is 17.7 Å². The van der Waals surface area contributed by atoms with E-state index in [2.05, 4.69) is 15.3 Å². The molecule has 0 radical (unpaired) electrons. The Labute approximate surface area is 102 Å². The first-order valence-corrected chi connectivity index (χ1v) is 6.41. The third-order valence-corrected chi connectivity index (χ3v) is 3.76. The number of aromatic nitrogens is 2. The highest BCUT2D eigenvalue weighted by molar-refractivity contribution is 6.18. The zero-order chi connectivity index (χ0) is 11.4. The predicted octanol–water partition coefficient (Wildman–Crippen LogP) is 2.85. The van der Waals surface area contributed by atoms with Gasteiger partial charge in [0, 0.05) is 24.2 Å². The van der Waals surface area contributed by atoms with Gasteiger partial charge in [-0.3, -0.25) is 0 Å². The van der Waals surface area contributed by atoms with Crippen molar-refractivity contribution >= 4 is 17.4 Å². The highest BCUT2D eigenvalue weighted by Crippen LogP contribution is 2.32. The number of rotatable bonds is 4. The number of alkyl halides is 1. The van der Waals surface area contributed by atoms with E-state index in [1.54, 1.807) is 6.33 Å². The zero-order valence-electron chi connectivity index (χ0n) is 9.62. The maximum Gasteiger partial charge on any atom is 0.129 e. The van der Waals surface area contributed by atoms with Crippen molar-refractivity contribution in [1.29, 1.82) is 0 Å². The summed E-state index contributed by atoms with van der Waals surface area (Å²) in [7, 11) is 0. The third-order valence-electron chi connectivity index (χ3n) is 3.36. The molecule has 0 saturated heterocycles. The van der Waals surface area contributed by atoms with E-state index in [1.165, 1.54) is 19.3 Å². The Kier molecular flexibility index (Phi) is 3.99. The summed E-state index contributed by atoms with van der Waals surface area (Å²) in [6.07, 6.45) is 5.48. The molecule has 1 fully saturated rings. The Morgan fingerprint density at radius 3 is 2.94 bits per heavy atom. The van der Waals surface area contributed by atoms with E-state index in [1.807, 2.05) is 13.0 Å². The van der Waals surface area contributed by atoms with Crippen LogP contribution in [0.2, 0.25) is 0 Å². The molecule has 1 N–H and O–H groups in total. The molecule has 3 nitrogen and oxygen atoms in total. The fourth-order valence-electron chi connectivity index (χ4n) is 2.37. The molecule has 0 amide bonds. The minimum Gasteiger partial charge on any atom is -0.370 e. The summed E-state index contributed by atoms with van der Waals surface area (Å²) in [5, 5.41) is 3.38. The molecular weight excluding hydrogens is 222 g/mol. The highest BCUT2D eigenvalue weighted by atomic mass is 35.5. The number of nitrogens with one attached hydrogen (secondary N) is 1. The van der Waals surface area contributed by atoms with Crippen molar-refractivity contribution in [1.82, 2.24) is 9.97 Å². The summed E-state index contributed by atoms with van der Waals surface area (Å²) in [5.41, 5.74) is 0.998. The number of anilines is 1. The Morgan fingerprint density at radius 2 is 2.19 bits per heavy atom. The number of nitrogens with zero attached hydrogens (tertiary/aromatic N) is 2. The summed E-state index contributed by atoms with van der Waals surface area (Å²) >= 11 is 5.96. The van der Waals surface area contributed by atoms with Crippen LogP contribution in [0, 0.1) is 18.8 Å². The van der Waals surface area contributed by atoms with E-state index in [-0.39, 0.29) is 0 Å². The van der Waals surface area contributed by atoms with Crippen molar-refractivity contribution in [2.45, 2.75) is 26.2 Å². The lowest BCUT2D eigenvalue weighted by Crippen LogP contribution is -2.19. The van der Waals surface area contributed by atoms with Crippen LogP contribution in [-0.4, -0.2) is 22.4 Å². The van der Waals surface area contributed by atoms with Crippen molar-refractivity contribution in [3.63, 3.8) is 0 Å². The van der Waals surface area contributed by atoms with Crippen LogP contribution in [0.25, 0.3) is 0 Å². The zero-order valence-corrected chi connectivity index (χ0v) is 10.4. The first kappa shape index (κ1) is 11.6. The van der Waals surface area contributed by atoms with Crippen LogP contribution in [0.3, 0.4) is 0 Å². The summed E-state index contributed by atoms with van der Waals surface area (Å²) < 4.78 is 0. The van der Waals surface area contributed by atoms with Gasteiger partial charge in [0.05, 0.1) is 0 Å². The quantitative estimate of drug-likeness (QED) is 0.822. The van der Waals surface area contributed by atoms with Gasteiger partial charge in [0.2, 0.25) is 0 Å². The summed E-state index contributed by atoms with van der Waals surface area (Å²) in [4.78, 5) is 8.27. The maximum atomic E-state index is 5.96. The molecule has 1 aromatic heterocycles. The SMILES string of the molecule is Cc1cc(NCC2CCCC2CCl)ncn1. The second kappa shape index (κ2) is 5.48. The van der Waals surface area contributed by atoms with Gasteiger partial charge in [-0.1, -0.05) is 6.42 Å². The molecule has 0 bridgehead atoms. The summed E-state index contributed by atoms with van der Waals surface area (Å²) in [6.45, 7) is 2.96. The lowest BCUT2D eigenvalue weighted by atomic mass is 9.98. The van der Waals surface area contributed by atoms with Gasteiger partial charge in [-0.25, -0.2) is 9.97 Å². The van der Waals surface area contributed by atoms with Crippen molar-refractivity contribution in [2.24, 2.45) is 11.8 Å². The Morgan fingerprint density at radius 1 is 1.38 bits per heavy atom. The molecule has 4 heteroatoms. The van der Waals surface area contributed by atoms with Crippen LogP contribution in [0.15, 0.2) is 12.4 Å². The van der Waals surface area contributed by atoms with Gasteiger partial charge >= 0.3 is 0 Å². The molecule has 0 aliphatic heterocycles. The first-order valence-electron chi connectivity index (χ1n) is 5.88. The second-order valence-corrected chi connectivity index (χ2v) is 4.84. The smallest absolute Gasteiger partial charge is 0.129 e. The lowest BCUT2D eigenvalue weighted by Gasteiger charge is -2.17. The molecule has 2 rings (SSSR count). The average Bonchev–Trinajstić information content (AvgIpc) is 2.74. The molecule has 1 saturated carbocycles. The van der Waals surface area contributed by atoms with E-state index < -0.39 is 0 Å².